The fourth-order valence-electron chi connectivity index (χ4n) is 11.0. The van der Waals surface area contributed by atoms with Gasteiger partial charge in [0.25, 0.3) is 0 Å². The first-order valence-corrected chi connectivity index (χ1v) is 17.1. The highest BCUT2D eigenvalue weighted by molar-refractivity contribution is 7.99. The van der Waals surface area contributed by atoms with Crippen molar-refractivity contribution in [3.05, 3.63) is 118 Å². The summed E-state index contributed by atoms with van der Waals surface area (Å²) in [6, 6.07) is 29.6. The van der Waals surface area contributed by atoms with Crippen LogP contribution in [0.2, 0.25) is 0 Å². The maximum Gasteiger partial charge on any atom is 0.310 e. The normalized spacial score (nSPS) is 36.1. The Bertz CT molecular complexity index is 1790. The molecule has 2 heterocycles. The molecule has 12 rings (SSSR count). The van der Waals surface area contributed by atoms with Gasteiger partial charge in [0.1, 0.15) is 0 Å². The van der Waals surface area contributed by atoms with Crippen LogP contribution in [-0.4, -0.2) is 16.9 Å². The van der Waals surface area contributed by atoms with Crippen LogP contribution in [0.3, 0.4) is 0 Å². The summed E-state index contributed by atoms with van der Waals surface area (Å²) in [5, 5.41) is 9.06. The molecule has 8 aliphatic rings. The van der Waals surface area contributed by atoms with E-state index in [9.17, 15) is 9.59 Å². The SMILES string of the molecule is Cc1cccc2c1C(C(=O)C1c3ccccc3Sc3cccc(C)c31)c1ccccc1S2.O=C(O)C12C3C4C5C3C1C5C42. The Kier molecular flexibility index (Phi) is 4.81. The molecule has 1 N–H and O–H groups in total. The maximum atomic E-state index is 14.7. The molecule has 2 aliphatic heterocycles. The Balaban J connectivity index is 0.000000181. The van der Waals surface area contributed by atoms with Crippen LogP contribution in [0, 0.1) is 60.7 Å². The summed E-state index contributed by atoms with van der Waals surface area (Å²) in [4.78, 5) is 30.4. The minimum absolute atomic E-state index is 0.116. The van der Waals surface area contributed by atoms with Gasteiger partial charge in [-0.15, -0.1) is 0 Å². The van der Waals surface area contributed by atoms with E-state index in [2.05, 4.69) is 98.8 Å². The lowest BCUT2D eigenvalue weighted by atomic mass is 8.96. The van der Waals surface area contributed by atoms with Gasteiger partial charge in [0.2, 0.25) is 0 Å². The van der Waals surface area contributed by atoms with E-state index in [1.165, 1.54) is 41.8 Å². The number of carboxylic acid groups (broad SMARTS) is 1. The summed E-state index contributed by atoms with van der Waals surface area (Å²) in [5.41, 5.74) is 6.87. The molecular formula is C38H30O3S2. The first kappa shape index (κ1) is 25.1. The number of hydrogen-bond acceptors (Lipinski definition) is 4. The van der Waals surface area contributed by atoms with E-state index in [4.69, 9.17) is 5.11 Å². The predicted molar refractivity (Wildman–Crippen MR) is 167 cm³/mol. The highest BCUT2D eigenvalue weighted by Crippen LogP contribution is 3.05. The molecule has 6 aliphatic carbocycles. The lowest BCUT2D eigenvalue weighted by Gasteiger charge is -3.06. The Morgan fingerprint density at radius 1 is 0.581 bits per heavy atom. The Hall–Kier alpha value is -3.28. The molecule has 0 saturated heterocycles. The zero-order valence-electron chi connectivity index (χ0n) is 23.9. The van der Waals surface area contributed by atoms with Gasteiger partial charge in [-0.1, -0.05) is 84.2 Å². The number of carbonyl (C=O) groups is 2. The van der Waals surface area contributed by atoms with Crippen molar-refractivity contribution in [2.24, 2.45) is 46.8 Å². The van der Waals surface area contributed by atoms with Crippen LogP contribution in [0.1, 0.15) is 45.2 Å². The van der Waals surface area contributed by atoms with Gasteiger partial charge in [0, 0.05) is 19.6 Å². The molecule has 43 heavy (non-hydrogen) atoms. The van der Waals surface area contributed by atoms with E-state index in [1.54, 1.807) is 23.5 Å². The van der Waals surface area contributed by atoms with Gasteiger partial charge in [-0.3, -0.25) is 9.59 Å². The molecule has 0 radical (unpaired) electrons. The van der Waals surface area contributed by atoms with Gasteiger partial charge in [-0.05, 0) is 113 Å². The van der Waals surface area contributed by atoms with Gasteiger partial charge in [0.05, 0.1) is 17.3 Å². The van der Waals surface area contributed by atoms with Crippen molar-refractivity contribution >= 4 is 35.3 Å². The third-order valence-electron chi connectivity index (χ3n) is 12.5. The van der Waals surface area contributed by atoms with Crippen molar-refractivity contribution in [1.82, 2.24) is 0 Å². The molecule has 6 saturated carbocycles. The molecule has 212 valence electrons. The monoisotopic (exact) mass is 598 g/mol. The van der Waals surface area contributed by atoms with Gasteiger partial charge in [-0.25, -0.2) is 0 Å². The number of carbonyl (C=O) groups excluding carboxylic acids is 1. The molecule has 2 atom stereocenters. The quantitative estimate of drug-likeness (QED) is 0.258. The van der Waals surface area contributed by atoms with Crippen molar-refractivity contribution in [3.63, 3.8) is 0 Å². The van der Waals surface area contributed by atoms with E-state index < -0.39 is 5.97 Å². The van der Waals surface area contributed by atoms with Gasteiger partial charge in [-0.2, -0.15) is 0 Å². The summed E-state index contributed by atoms with van der Waals surface area (Å²) in [6.45, 7) is 4.27. The van der Waals surface area contributed by atoms with Crippen LogP contribution in [-0.2, 0) is 9.59 Å². The van der Waals surface area contributed by atoms with Crippen molar-refractivity contribution in [2.75, 3.05) is 0 Å². The lowest BCUT2D eigenvalue weighted by molar-refractivity contribution is -0.598. The summed E-state index contributed by atoms with van der Waals surface area (Å²) < 4.78 is 0. The summed E-state index contributed by atoms with van der Waals surface area (Å²) in [6.07, 6.45) is 0. The lowest BCUT2D eigenvalue weighted by Crippen LogP contribution is -3.06. The smallest absolute Gasteiger partial charge is 0.310 e. The number of rotatable bonds is 3. The minimum Gasteiger partial charge on any atom is -0.481 e. The number of hydrogen-bond donors (Lipinski definition) is 1. The van der Waals surface area contributed by atoms with Gasteiger partial charge < -0.3 is 5.11 Å². The summed E-state index contributed by atoms with van der Waals surface area (Å²) in [7, 11) is 0. The van der Waals surface area contributed by atoms with Crippen molar-refractivity contribution in [3.8, 4) is 0 Å². The van der Waals surface area contributed by atoms with E-state index in [0.717, 1.165) is 34.8 Å². The molecule has 3 nitrogen and oxygen atoms in total. The molecule has 0 aromatic heterocycles. The third kappa shape index (κ3) is 2.71. The van der Waals surface area contributed by atoms with E-state index in [0.29, 0.717) is 17.8 Å². The Morgan fingerprint density at radius 2 is 1.00 bits per heavy atom. The average Bonchev–Trinajstić information content (AvgIpc) is 3.03. The maximum absolute atomic E-state index is 14.7. The zero-order chi connectivity index (χ0) is 28.9. The molecule has 2 unspecified atom stereocenters. The van der Waals surface area contributed by atoms with Crippen LogP contribution in [0.15, 0.2) is 105 Å². The first-order chi connectivity index (χ1) is 20.9. The number of benzene rings is 4. The van der Waals surface area contributed by atoms with Gasteiger partial charge in [0.15, 0.2) is 5.78 Å². The third-order valence-corrected chi connectivity index (χ3v) is 14.8. The zero-order valence-corrected chi connectivity index (χ0v) is 25.5. The van der Waals surface area contributed by atoms with E-state index in [1.807, 2.05) is 0 Å². The second-order valence-corrected chi connectivity index (χ2v) is 15.8. The number of fused-ring (bicyclic) bond motifs is 4. The molecule has 0 bridgehead atoms. The Labute approximate surface area is 259 Å². The highest BCUT2D eigenvalue weighted by Gasteiger charge is 3.06. The Morgan fingerprint density at radius 3 is 1.42 bits per heavy atom. The molecule has 6 fully saturated rings. The molecule has 0 spiro atoms. The van der Waals surface area contributed by atoms with Crippen LogP contribution in [0.25, 0.3) is 0 Å². The molecule has 4 aromatic carbocycles. The molecule has 0 amide bonds. The minimum atomic E-state index is -0.459. The van der Waals surface area contributed by atoms with Crippen LogP contribution in [0.5, 0.6) is 0 Å². The standard InChI is InChI=1S/C29H22OS2.C9H8O2/c1-17-9-7-15-23-25(17)27(19-11-3-5-13-21(19)31-23)29(30)28-20-12-4-6-14-22(20)32-24-16-8-10-18(2)26(24)28;10-8(11)9-5-2-1-3(5)7(9)4(1)6(2)9/h3-16,27-28H,1-2H3;1-7H,(H,10,11). The van der Waals surface area contributed by atoms with Crippen molar-refractivity contribution < 1.29 is 14.7 Å². The molecule has 4 aromatic rings. The van der Waals surface area contributed by atoms with Gasteiger partial charge >= 0.3 is 5.97 Å². The number of aliphatic carboxylic acids is 1. The van der Waals surface area contributed by atoms with Crippen LogP contribution < -0.4 is 0 Å². The number of aryl methyl sites for hydroxylation is 2. The topological polar surface area (TPSA) is 54.4 Å². The van der Waals surface area contributed by atoms with Crippen LogP contribution in [0.4, 0.5) is 0 Å². The second kappa shape index (κ2) is 8.25. The molecule has 5 heteroatoms. The van der Waals surface area contributed by atoms with E-state index >= 15 is 0 Å². The fraction of sp³-hybridized carbons (Fsp3) is 0.316. The number of carboxylic acids is 1. The largest absolute Gasteiger partial charge is 0.481 e. The number of Topliss-reactive ketones (excluding diaryl/α,β-unsaturated/α-hetero) is 1. The predicted octanol–water partition coefficient (Wildman–Crippen LogP) is 8.20. The average molecular weight is 599 g/mol. The summed E-state index contributed by atoms with van der Waals surface area (Å²) >= 11 is 3.57. The highest BCUT2D eigenvalue weighted by atomic mass is 32.2. The van der Waals surface area contributed by atoms with Crippen molar-refractivity contribution in [1.29, 1.82) is 0 Å². The molecular weight excluding hydrogens is 569 g/mol. The second-order valence-electron chi connectivity index (χ2n) is 13.6. The van der Waals surface area contributed by atoms with Crippen LogP contribution >= 0.6 is 23.5 Å². The van der Waals surface area contributed by atoms with E-state index in [-0.39, 0.29) is 23.0 Å². The first-order valence-electron chi connectivity index (χ1n) is 15.4. The number of ketones is 1. The fourth-order valence-corrected chi connectivity index (χ4v) is 13.5. The summed E-state index contributed by atoms with van der Waals surface area (Å²) in [5.74, 6) is 5.06. The van der Waals surface area contributed by atoms with Crippen molar-refractivity contribution in [2.45, 2.75) is 45.3 Å².